The second-order valence-corrected chi connectivity index (χ2v) is 7.59. The number of halogens is 1. The van der Waals surface area contributed by atoms with Crippen LogP contribution in [-0.2, 0) is 13.0 Å². The Morgan fingerprint density at radius 1 is 0.862 bits per heavy atom. The Morgan fingerprint density at radius 3 is 2.69 bits per heavy atom. The molecule has 4 nitrogen and oxygen atoms in total. The summed E-state index contributed by atoms with van der Waals surface area (Å²) in [6, 6.07) is 17.6. The minimum Gasteiger partial charge on any atom is -0.454 e. The highest BCUT2D eigenvalue weighted by atomic mass is 19.1. The molecule has 0 atom stereocenters. The number of nitrogens with zero attached hydrogens (tertiary/aromatic N) is 1. The van der Waals surface area contributed by atoms with Gasteiger partial charge < -0.3 is 19.4 Å². The minimum absolute atomic E-state index is 0.205. The van der Waals surface area contributed by atoms with E-state index >= 15 is 0 Å². The van der Waals surface area contributed by atoms with Crippen molar-refractivity contribution in [3.63, 3.8) is 0 Å². The summed E-state index contributed by atoms with van der Waals surface area (Å²) in [6.07, 6.45) is 2.94. The van der Waals surface area contributed by atoms with Gasteiger partial charge in [0.05, 0.1) is 5.69 Å². The zero-order valence-electron chi connectivity index (χ0n) is 15.7. The van der Waals surface area contributed by atoms with Crippen molar-refractivity contribution in [2.24, 2.45) is 0 Å². The highest BCUT2D eigenvalue weighted by Gasteiger charge is 2.20. The molecule has 5 heteroatoms. The van der Waals surface area contributed by atoms with Crippen molar-refractivity contribution in [2.45, 2.75) is 13.0 Å². The molecule has 0 saturated carbocycles. The molecule has 0 radical (unpaired) electrons. The van der Waals surface area contributed by atoms with Crippen LogP contribution in [0.2, 0.25) is 0 Å². The summed E-state index contributed by atoms with van der Waals surface area (Å²) in [7, 11) is 0. The summed E-state index contributed by atoms with van der Waals surface area (Å²) >= 11 is 0. The fraction of sp³-hybridized carbons (Fsp3) is 0.167. The first-order valence-electron chi connectivity index (χ1n) is 9.78. The van der Waals surface area contributed by atoms with Crippen LogP contribution in [0.15, 0.2) is 60.8 Å². The third-order valence-corrected chi connectivity index (χ3v) is 5.89. The first kappa shape index (κ1) is 16.5. The number of fused-ring (bicyclic) bond motifs is 3. The predicted octanol–water partition coefficient (Wildman–Crippen LogP) is 5.27. The van der Waals surface area contributed by atoms with Gasteiger partial charge in [0.1, 0.15) is 5.82 Å². The van der Waals surface area contributed by atoms with Crippen molar-refractivity contribution in [1.29, 1.82) is 0 Å². The topological polar surface area (TPSA) is 37.5 Å². The van der Waals surface area contributed by atoms with E-state index in [1.54, 1.807) is 12.1 Å². The van der Waals surface area contributed by atoms with Crippen LogP contribution in [0.4, 0.5) is 10.1 Å². The molecule has 3 aromatic carbocycles. The van der Waals surface area contributed by atoms with Gasteiger partial charge >= 0.3 is 0 Å². The van der Waals surface area contributed by atoms with Crippen LogP contribution >= 0.6 is 0 Å². The third kappa shape index (κ3) is 2.73. The van der Waals surface area contributed by atoms with Gasteiger partial charge in [0, 0.05) is 30.2 Å². The normalized spacial score (nSPS) is 15.0. The summed E-state index contributed by atoms with van der Waals surface area (Å²) in [5.41, 5.74) is 7.01. The Morgan fingerprint density at radius 2 is 1.72 bits per heavy atom. The molecular formula is C24H19FN2O2. The van der Waals surface area contributed by atoms with Crippen LogP contribution in [0.5, 0.6) is 11.5 Å². The maximum Gasteiger partial charge on any atom is 0.231 e. The van der Waals surface area contributed by atoms with E-state index in [0.717, 1.165) is 53.2 Å². The molecule has 0 unspecified atom stereocenters. The zero-order chi connectivity index (χ0) is 19.4. The van der Waals surface area contributed by atoms with E-state index in [9.17, 15) is 4.39 Å². The Balaban J connectivity index is 1.31. The van der Waals surface area contributed by atoms with Crippen molar-refractivity contribution >= 4 is 16.6 Å². The van der Waals surface area contributed by atoms with E-state index in [0.29, 0.717) is 0 Å². The van der Waals surface area contributed by atoms with Gasteiger partial charge in [-0.2, -0.15) is 0 Å². The average molecular weight is 386 g/mol. The summed E-state index contributed by atoms with van der Waals surface area (Å²) in [5.74, 6) is 1.40. The molecule has 29 heavy (non-hydrogen) atoms. The lowest BCUT2D eigenvalue weighted by molar-refractivity contribution is 0.174. The number of aromatic nitrogens is 1. The molecule has 1 aromatic heterocycles. The molecular weight excluding hydrogens is 367 g/mol. The second-order valence-electron chi connectivity index (χ2n) is 7.59. The summed E-state index contributed by atoms with van der Waals surface area (Å²) in [4.78, 5) is 5.58. The fourth-order valence-corrected chi connectivity index (χ4v) is 4.35. The van der Waals surface area contributed by atoms with E-state index in [1.165, 1.54) is 22.8 Å². The quantitative estimate of drug-likeness (QED) is 0.510. The van der Waals surface area contributed by atoms with Crippen molar-refractivity contribution in [1.82, 2.24) is 4.98 Å². The molecule has 6 rings (SSSR count). The maximum absolute atomic E-state index is 13.7. The molecule has 4 aromatic rings. The predicted molar refractivity (Wildman–Crippen MR) is 111 cm³/mol. The molecule has 0 amide bonds. The summed E-state index contributed by atoms with van der Waals surface area (Å²) in [5, 5.41) is 0.936. The van der Waals surface area contributed by atoms with Gasteiger partial charge in [-0.1, -0.05) is 24.3 Å². The average Bonchev–Trinajstić information content (AvgIpc) is 3.39. The number of hydrogen-bond acceptors (Lipinski definition) is 3. The van der Waals surface area contributed by atoms with E-state index < -0.39 is 0 Å². The molecule has 0 fully saturated rings. The van der Waals surface area contributed by atoms with Gasteiger partial charge in [-0.3, -0.25) is 0 Å². The number of rotatable bonds is 2. The van der Waals surface area contributed by atoms with Gasteiger partial charge in [-0.25, -0.2) is 4.39 Å². The van der Waals surface area contributed by atoms with Gasteiger partial charge in [0.2, 0.25) is 6.79 Å². The smallest absolute Gasteiger partial charge is 0.231 e. The Kier molecular flexibility index (Phi) is 3.57. The number of anilines is 1. The highest BCUT2D eigenvalue weighted by Crippen LogP contribution is 2.37. The van der Waals surface area contributed by atoms with E-state index in [4.69, 9.17) is 9.47 Å². The van der Waals surface area contributed by atoms with Crippen molar-refractivity contribution < 1.29 is 13.9 Å². The SMILES string of the molecule is Fc1ccc2[nH]cc(N3CCc4cc(-c5ccc6c(c5)OCO6)ccc4C3)c2c1. The Hall–Kier alpha value is -3.47. The molecule has 144 valence electrons. The number of hydrogen-bond donors (Lipinski definition) is 1. The van der Waals surface area contributed by atoms with Crippen molar-refractivity contribution in [2.75, 3.05) is 18.2 Å². The molecule has 0 aliphatic carbocycles. The van der Waals surface area contributed by atoms with Crippen LogP contribution in [0, 0.1) is 5.82 Å². The minimum atomic E-state index is -0.205. The van der Waals surface area contributed by atoms with Crippen LogP contribution < -0.4 is 14.4 Å². The lowest BCUT2D eigenvalue weighted by atomic mass is 9.94. The van der Waals surface area contributed by atoms with Crippen LogP contribution in [0.3, 0.4) is 0 Å². The summed E-state index contributed by atoms with van der Waals surface area (Å²) in [6.45, 7) is 2.01. The number of ether oxygens (including phenoxy) is 2. The first-order valence-corrected chi connectivity index (χ1v) is 9.78. The lowest BCUT2D eigenvalue weighted by Crippen LogP contribution is -2.30. The molecule has 2 aliphatic rings. The largest absolute Gasteiger partial charge is 0.454 e. The zero-order valence-corrected chi connectivity index (χ0v) is 15.7. The number of benzene rings is 3. The second kappa shape index (κ2) is 6.27. The number of nitrogens with one attached hydrogen (secondary N) is 1. The molecule has 0 spiro atoms. The fourth-order valence-electron chi connectivity index (χ4n) is 4.35. The molecule has 0 saturated heterocycles. The van der Waals surface area contributed by atoms with Crippen LogP contribution in [0.1, 0.15) is 11.1 Å². The van der Waals surface area contributed by atoms with Crippen molar-refractivity contribution in [3.8, 4) is 22.6 Å². The molecule has 2 aliphatic heterocycles. The Bertz CT molecular complexity index is 1250. The monoisotopic (exact) mass is 386 g/mol. The number of H-pyrrole nitrogens is 1. The van der Waals surface area contributed by atoms with Gasteiger partial charge in [-0.05, 0) is 59.0 Å². The third-order valence-electron chi connectivity index (χ3n) is 5.89. The van der Waals surface area contributed by atoms with Gasteiger partial charge in [-0.15, -0.1) is 0 Å². The highest BCUT2D eigenvalue weighted by molar-refractivity contribution is 5.93. The first-order chi connectivity index (χ1) is 14.2. The molecule has 3 heterocycles. The van der Waals surface area contributed by atoms with Crippen LogP contribution in [0.25, 0.3) is 22.0 Å². The number of aromatic amines is 1. The van der Waals surface area contributed by atoms with E-state index in [2.05, 4.69) is 34.1 Å². The van der Waals surface area contributed by atoms with Gasteiger partial charge in [0.25, 0.3) is 0 Å². The maximum atomic E-state index is 13.7. The van der Waals surface area contributed by atoms with Crippen molar-refractivity contribution in [3.05, 3.63) is 77.7 Å². The van der Waals surface area contributed by atoms with E-state index in [1.807, 2.05) is 18.3 Å². The molecule has 0 bridgehead atoms. The molecule has 1 N–H and O–H groups in total. The standard InChI is InChI=1S/C24H19FN2O2/c25-19-4-5-21-20(11-19)22(12-26-21)27-8-7-17-9-15(1-2-18(17)13-27)16-3-6-23-24(10-16)29-14-28-23/h1-6,9-12,26H,7-8,13-14H2. The van der Waals surface area contributed by atoms with Crippen LogP contribution in [-0.4, -0.2) is 18.3 Å². The lowest BCUT2D eigenvalue weighted by Gasteiger charge is -2.30. The summed E-state index contributed by atoms with van der Waals surface area (Å²) < 4.78 is 24.7. The van der Waals surface area contributed by atoms with Gasteiger partial charge in [0.15, 0.2) is 11.5 Å². The Labute approximate surface area is 167 Å². The van der Waals surface area contributed by atoms with E-state index in [-0.39, 0.29) is 12.6 Å².